The molecule has 132 valence electrons. The number of hydrogen-bond acceptors (Lipinski definition) is 4. The van der Waals surface area contributed by atoms with E-state index in [1.54, 1.807) is 24.3 Å². The first-order valence-electron chi connectivity index (χ1n) is 8.50. The number of nitrogens with zero attached hydrogens (tertiary/aromatic N) is 2. The second kappa shape index (κ2) is 7.04. The molecule has 7 nitrogen and oxygen atoms in total. The van der Waals surface area contributed by atoms with E-state index in [4.69, 9.17) is 0 Å². The molecule has 2 unspecified atom stereocenters. The molecule has 2 N–H and O–H groups in total. The van der Waals surface area contributed by atoms with Gasteiger partial charge in [-0.15, -0.1) is 0 Å². The number of rotatable bonds is 4. The van der Waals surface area contributed by atoms with Crippen molar-refractivity contribution < 1.29 is 14.7 Å². The number of nitrogens with one attached hydrogen (secondary N) is 1. The molecule has 0 spiro atoms. The van der Waals surface area contributed by atoms with Crippen molar-refractivity contribution in [2.45, 2.75) is 45.2 Å². The van der Waals surface area contributed by atoms with E-state index in [0.29, 0.717) is 5.92 Å². The van der Waals surface area contributed by atoms with Crippen LogP contribution in [-0.4, -0.2) is 32.8 Å². The summed E-state index contributed by atoms with van der Waals surface area (Å²) in [5, 5.41) is 16.7. The van der Waals surface area contributed by atoms with Gasteiger partial charge >= 0.3 is 5.97 Å². The second-order valence-corrected chi connectivity index (χ2v) is 6.60. The molecule has 1 saturated carbocycles. The SMILES string of the molecule is CC1CCCCC1NC(=O)Cn1nc(C(=O)O)c2ccccc2c1=O. The summed E-state index contributed by atoms with van der Waals surface area (Å²) in [6.45, 7) is 1.82. The number of benzene rings is 1. The monoisotopic (exact) mass is 343 g/mol. The van der Waals surface area contributed by atoms with E-state index < -0.39 is 11.5 Å². The van der Waals surface area contributed by atoms with Gasteiger partial charge in [0.05, 0.1) is 5.39 Å². The Labute approximate surface area is 144 Å². The van der Waals surface area contributed by atoms with Gasteiger partial charge in [0.15, 0.2) is 5.69 Å². The quantitative estimate of drug-likeness (QED) is 0.881. The Kier molecular flexibility index (Phi) is 4.83. The highest BCUT2D eigenvalue weighted by atomic mass is 16.4. The van der Waals surface area contributed by atoms with Crippen LogP contribution in [0.3, 0.4) is 0 Å². The number of carbonyl (C=O) groups is 2. The van der Waals surface area contributed by atoms with E-state index >= 15 is 0 Å². The summed E-state index contributed by atoms with van der Waals surface area (Å²) in [6.07, 6.45) is 4.24. The lowest BCUT2D eigenvalue weighted by Gasteiger charge is -2.29. The molecule has 1 fully saturated rings. The van der Waals surface area contributed by atoms with Gasteiger partial charge < -0.3 is 10.4 Å². The zero-order chi connectivity index (χ0) is 18.0. The Hall–Kier alpha value is -2.70. The van der Waals surface area contributed by atoms with Crippen molar-refractivity contribution in [1.82, 2.24) is 15.1 Å². The van der Waals surface area contributed by atoms with Crippen LogP contribution in [-0.2, 0) is 11.3 Å². The molecule has 7 heteroatoms. The number of aromatic carboxylic acids is 1. The van der Waals surface area contributed by atoms with Gasteiger partial charge in [0.1, 0.15) is 6.54 Å². The third-order valence-electron chi connectivity index (χ3n) is 4.82. The maximum Gasteiger partial charge on any atom is 0.357 e. The maximum atomic E-state index is 12.5. The van der Waals surface area contributed by atoms with E-state index in [2.05, 4.69) is 17.3 Å². The van der Waals surface area contributed by atoms with Gasteiger partial charge in [0.2, 0.25) is 5.91 Å². The zero-order valence-corrected chi connectivity index (χ0v) is 14.1. The number of carboxylic acids is 1. The highest BCUT2D eigenvalue weighted by Crippen LogP contribution is 2.23. The van der Waals surface area contributed by atoms with Gasteiger partial charge in [-0.2, -0.15) is 5.10 Å². The molecular weight excluding hydrogens is 322 g/mol. The number of amides is 1. The van der Waals surface area contributed by atoms with Gasteiger partial charge in [-0.3, -0.25) is 9.59 Å². The van der Waals surface area contributed by atoms with Crippen LogP contribution < -0.4 is 10.9 Å². The Morgan fingerprint density at radius 3 is 2.60 bits per heavy atom. The van der Waals surface area contributed by atoms with Crippen molar-refractivity contribution in [2.24, 2.45) is 5.92 Å². The normalized spacial score (nSPS) is 20.4. The van der Waals surface area contributed by atoms with E-state index in [-0.39, 0.29) is 35.0 Å². The molecule has 1 aromatic heterocycles. The Balaban J connectivity index is 1.88. The van der Waals surface area contributed by atoms with Crippen LogP contribution in [0.1, 0.15) is 43.1 Å². The molecular formula is C18H21N3O4. The Morgan fingerprint density at radius 1 is 1.24 bits per heavy atom. The lowest BCUT2D eigenvalue weighted by Crippen LogP contribution is -2.44. The van der Waals surface area contributed by atoms with Gasteiger partial charge in [-0.25, -0.2) is 9.48 Å². The van der Waals surface area contributed by atoms with Crippen molar-refractivity contribution in [3.63, 3.8) is 0 Å². The van der Waals surface area contributed by atoms with Crippen molar-refractivity contribution in [3.8, 4) is 0 Å². The molecule has 1 amide bonds. The predicted octanol–water partition coefficient (Wildman–Crippen LogP) is 1.79. The van der Waals surface area contributed by atoms with Gasteiger partial charge in [0, 0.05) is 11.4 Å². The molecule has 1 aromatic carbocycles. The number of carbonyl (C=O) groups excluding carboxylic acids is 1. The van der Waals surface area contributed by atoms with Crippen LogP contribution in [0.25, 0.3) is 10.8 Å². The van der Waals surface area contributed by atoms with Crippen LogP contribution in [0, 0.1) is 5.92 Å². The summed E-state index contributed by atoms with van der Waals surface area (Å²) in [5.41, 5.74) is -0.693. The van der Waals surface area contributed by atoms with Crippen molar-refractivity contribution in [3.05, 3.63) is 40.3 Å². The first-order chi connectivity index (χ1) is 12.0. The molecule has 3 rings (SSSR count). The predicted molar refractivity (Wildman–Crippen MR) is 92.5 cm³/mol. The smallest absolute Gasteiger partial charge is 0.357 e. The van der Waals surface area contributed by atoms with E-state index in [1.165, 1.54) is 6.42 Å². The zero-order valence-electron chi connectivity index (χ0n) is 14.1. The van der Waals surface area contributed by atoms with E-state index in [0.717, 1.165) is 23.9 Å². The first-order valence-corrected chi connectivity index (χ1v) is 8.50. The Bertz CT molecular complexity index is 874. The average Bonchev–Trinajstić information content (AvgIpc) is 2.59. The molecule has 2 aromatic rings. The fourth-order valence-electron chi connectivity index (χ4n) is 3.42. The maximum absolute atomic E-state index is 12.5. The standard InChI is InChI=1S/C18H21N3O4/c1-11-6-2-5-9-14(11)19-15(22)10-21-17(23)13-8-4-3-7-12(13)16(20-21)18(24)25/h3-4,7-8,11,14H,2,5-6,9-10H2,1H3,(H,19,22)(H,24,25). The summed E-state index contributed by atoms with van der Waals surface area (Å²) in [7, 11) is 0. The van der Waals surface area contributed by atoms with Gasteiger partial charge in [0.25, 0.3) is 5.56 Å². The van der Waals surface area contributed by atoms with Crippen LogP contribution in [0.2, 0.25) is 0 Å². The largest absolute Gasteiger partial charge is 0.476 e. The molecule has 0 saturated heterocycles. The Morgan fingerprint density at radius 2 is 1.92 bits per heavy atom. The van der Waals surface area contributed by atoms with E-state index in [1.807, 2.05) is 0 Å². The van der Waals surface area contributed by atoms with Crippen LogP contribution >= 0.6 is 0 Å². The summed E-state index contributed by atoms with van der Waals surface area (Å²) >= 11 is 0. The fraction of sp³-hybridized carbons (Fsp3) is 0.444. The number of carboxylic acid groups (broad SMARTS) is 1. The molecule has 2 atom stereocenters. The number of hydrogen-bond donors (Lipinski definition) is 2. The molecule has 0 bridgehead atoms. The van der Waals surface area contributed by atoms with Crippen molar-refractivity contribution in [2.75, 3.05) is 0 Å². The minimum absolute atomic E-state index is 0.0938. The summed E-state index contributed by atoms with van der Waals surface area (Å²) in [4.78, 5) is 36.3. The summed E-state index contributed by atoms with van der Waals surface area (Å²) in [6, 6.07) is 6.49. The highest BCUT2D eigenvalue weighted by Gasteiger charge is 2.23. The molecule has 1 heterocycles. The molecule has 1 aliphatic carbocycles. The second-order valence-electron chi connectivity index (χ2n) is 6.60. The lowest BCUT2D eigenvalue weighted by molar-refractivity contribution is -0.123. The third kappa shape index (κ3) is 3.55. The summed E-state index contributed by atoms with van der Waals surface area (Å²) < 4.78 is 0.939. The number of aromatic nitrogens is 2. The minimum Gasteiger partial charge on any atom is -0.476 e. The fourth-order valence-corrected chi connectivity index (χ4v) is 3.42. The van der Waals surface area contributed by atoms with Gasteiger partial charge in [-0.05, 0) is 24.8 Å². The topological polar surface area (TPSA) is 101 Å². The van der Waals surface area contributed by atoms with Crippen LogP contribution in [0.15, 0.2) is 29.1 Å². The van der Waals surface area contributed by atoms with Crippen LogP contribution in [0.4, 0.5) is 0 Å². The van der Waals surface area contributed by atoms with Crippen LogP contribution in [0.5, 0.6) is 0 Å². The third-order valence-corrected chi connectivity index (χ3v) is 4.82. The first kappa shape index (κ1) is 17.1. The average molecular weight is 343 g/mol. The minimum atomic E-state index is -1.23. The van der Waals surface area contributed by atoms with Gasteiger partial charge in [-0.1, -0.05) is 38.0 Å². The summed E-state index contributed by atoms with van der Waals surface area (Å²) in [5.74, 6) is -1.15. The molecule has 25 heavy (non-hydrogen) atoms. The van der Waals surface area contributed by atoms with Crippen molar-refractivity contribution in [1.29, 1.82) is 0 Å². The van der Waals surface area contributed by atoms with Crippen molar-refractivity contribution >= 4 is 22.6 Å². The molecule has 0 aliphatic heterocycles. The lowest BCUT2D eigenvalue weighted by atomic mass is 9.86. The number of fused-ring (bicyclic) bond motifs is 1. The highest BCUT2D eigenvalue weighted by molar-refractivity contribution is 6.01. The molecule has 0 radical (unpaired) electrons. The van der Waals surface area contributed by atoms with E-state index in [9.17, 15) is 19.5 Å². The molecule has 1 aliphatic rings.